The van der Waals surface area contributed by atoms with Crippen molar-refractivity contribution in [2.75, 3.05) is 5.75 Å². The van der Waals surface area contributed by atoms with Crippen molar-refractivity contribution in [1.29, 1.82) is 0 Å². The molecule has 2 N–H and O–H groups in total. The van der Waals surface area contributed by atoms with E-state index < -0.39 is 22.0 Å². The average molecular weight is 347 g/mol. The first kappa shape index (κ1) is 25.1. The molecule has 0 aliphatic heterocycles. The van der Waals surface area contributed by atoms with E-state index >= 15 is 0 Å². The van der Waals surface area contributed by atoms with E-state index in [0.717, 1.165) is 19.3 Å². The molecule has 1 atom stereocenters. The fourth-order valence-electron chi connectivity index (χ4n) is 2.55. The first-order chi connectivity index (χ1) is 9.95. The molecule has 0 bridgehead atoms. The van der Waals surface area contributed by atoms with E-state index in [4.69, 9.17) is 4.55 Å². The van der Waals surface area contributed by atoms with Crippen molar-refractivity contribution in [3.05, 3.63) is 0 Å². The van der Waals surface area contributed by atoms with Crippen molar-refractivity contribution in [1.82, 2.24) is 0 Å². The Balaban J connectivity index is 0. The van der Waals surface area contributed by atoms with E-state index in [2.05, 4.69) is 6.92 Å². The van der Waals surface area contributed by atoms with Crippen molar-refractivity contribution >= 4 is 39.7 Å². The number of unbranched alkanes of at least 4 members (excludes halogenated alkanes) is 11. The molecule has 0 fully saturated rings. The van der Waals surface area contributed by atoms with Crippen LogP contribution in [0.15, 0.2) is 0 Å². The third-order valence-corrected chi connectivity index (χ3v) is 4.60. The molecule has 1 unspecified atom stereocenters. The van der Waals surface area contributed by atoms with Gasteiger partial charge in [0, 0.05) is 0 Å². The van der Waals surface area contributed by atoms with Crippen molar-refractivity contribution in [3.8, 4) is 0 Å². The molecule has 0 radical (unpaired) electrons. The van der Waals surface area contributed by atoms with Gasteiger partial charge >= 0.3 is 29.6 Å². The first-order valence-corrected chi connectivity index (χ1v) is 10.2. The second-order valence-corrected chi connectivity index (χ2v) is 7.58. The third-order valence-electron chi connectivity index (χ3n) is 3.79. The quantitative estimate of drug-likeness (QED) is 0.269. The SMILES string of the molecule is CCCCCCCCCCCCCCC(O)CS(=O)(=O)O.[NaH]. The van der Waals surface area contributed by atoms with Crippen LogP contribution in [0.3, 0.4) is 0 Å². The standard InChI is InChI=1S/C16H34O4S.Na.H/c1-2-3-4-5-6-7-8-9-10-11-12-13-14-16(17)15-21(18,19)20;;/h16-17H,2-15H2,1H3,(H,18,19,20);;. The maximum atomic E-state index is 10.6. The molecule has 22 heavy (non-hydrogen) atoms. The zero-order valence-electron chi connectivity index (χ0n) is 13.6. The molecule has 0 saturated carbocycles. The van der Waals surface area contributed by atoms with Crippen LogP contribution in [-0.2, 0) is 10.1 Å². The summed E-state index contributed by atoms with van der Waals surface area (Å²) in [5, 5.41) is 9.41. The number of aliphatic hydroxyl groups is 1. The monoisotopic (exact) mass is 346 g/mol. The number of rotatable bonds is 15. The summed E-state index contributed by atoms with van der Waals surface area (Å²) >= 11 is 0. The Bertz CT molecular complexity index is 320. The predicted molar refractivity (Wildman–Crippen MR) is 95.3 cm³/mol. The van der Waals surface area contributed by atoms with Gasteiger partial charge in [-0.25, -0.2) is 0 Å². The van der Waals surface area contributed by atoms with Gasteiger partial charge in [0.25, 0.3) is 10.1 Å². The van der Waals surface area contributed by atoms with Gasteiger partial charge in [-0.2, -0.15) is 8.42 Å². The molecular formula is C16H35NaO4S. The topological polar surface area (TPSA) is 74.6 Å². The van der Waals surface area contributed by atoms with Crippen LogP contribution in [0.25, 0.3) is 0 Å². The van der Waals surface area contributed by atoms with Crippen molar-refractivity contribution in [2.24, 2.45) is 0 Å². The Kier molecular flexibility index (Phi) is 19.1. The van der Waals surface area contributed by atoms with Gasteiger partial charge in [0.2, 0.25) is 0 Å². The summed E-state index contributed by atoms with van der Waals surface area (Å²) in [5.41, 5.74) is 0. The molecule has 0 aromatic carbocycles. The van der Waals surface area contributed by atoms with Gasteiger partial charge in [0.15, 0.2) is 0 Å². The van der Waals surface area contributed by atoms with Gasteiger partial charge in [-0.3, -0.25) is 4.55 Å². The summed E-state index contributed by atoms with van der Waals surface area (Å²) < 4.78 is 29.7. The van der Waals surface area contributed by atoms with Gasteiger partial charge in [-0.05, 0) is 6.42 Å². The molecule has 0 aliphatic carbocycles. The van der Waals surface area contributed by atoms with Crippen LogP contribution < -0.4 is 0 Å². The van der Waals surface area contributed by atoms with E-state index in [0.29, 0.717) is 6.42 Å². The molecule has 0 amide bonds. The van der Waals surface area contributed by atoms with Crippen molar-refractivity contribution < 1.29 is 18.1 Å². The molecule has 0 saturated heterocycles. The molecule has 0 aromatic heterocycles. The Morgan fingerprint density at radius 3 is 1.50 bits per heavy atom. The Morgan fingerprint density at radius 2 is 1.14 bits per heavy atom. The average Bonchev–Trinajstić information content (AvgIpc) is 2.38. The van der Waals surface area contributed by atoms with E-state index in [1.165, 1.54) is 57.8 Å². The van der Waals surface area contributed by atoms with Gasteiger partial charge in [-0.1, -0.05) is 84.0 Å². The Labute approximate surface area is 159 Å². The molecule has 0 spiro atoms. The zero-order chi connectivity index (χ0) is 16.0. The number of hydrogen-bond acceptors (Lipinski definition) is 3. The predicted octanol–water partition coefficient (Wildman–Crippen LogP) is 3.68. The van der Waals surface area contributed by atoms with Crippen LogP contribution in [0.2, 0.25) is 0 Å². The van der Waals surface area contributed by atoms with E-state index in [1.807, 2.05) is 0 Å². The van der Waals surface area contributed by atoms with E-state index in [9.17, 15) is 13.5 Å². The summed E-state index contributed by atoms with van der Waals surface area (Å²) in [4.78, 5) is 0. The minimum atomic E-state index is -4.04. The molecule has 4 nitrogen and oxygen atoms in total. The fraction of sp³-hybridized carbons (Fsp3) is 1.00. The second kappa shape index (κ2) is 16.7. The Hall–Kier alpha value is 0.870. The number of hydrogen-bond donors (Lipinski definition) is 2. The van der Waals surface area contributed by atoms with Crippen LogP contribution >= 0.6 is 0 Å². The summed E-state index contributed by atoms with van der Waals surface area (Å²) in [5.74, 6) is -0.537. The van der Waals surface area contributed by atoms with Crippen LogP contribution in [0.1, 0.15) is 90.4 Å². The van der Waals surface area contributed by atoms with Gasteiger partial charge < -0.3 is 5.11 Å². The Morgan fingerprint density at radius 1 is 0.773 bits per heavy atom. The molecule has 130 valence electrons. The minimum absolute atomic E-state index is 0. The van der Waals surface area contributed by atoms with Crippen molar-refractivity contribution in [2.45, 2.75) is 96.5 Å². The van der Waals surface area contributed by atoms with Crippen LogP contribution in [-0.4, -0.2) is 59.5 Å². The number of aliphatic hydroxyl groups excluding tert-OH is 1. The molecular weight excluding hydrogens is 311 g/mol. The van der Waals surface area contributed by atoms with E-state index in [1.54, 1.807) is 0 Å². The van der Waals surface area contributed by atoms with Crippen LogP contribution in [0, 0.1) is 0 Å². The third kappa shape index (κ3) is 20.9. The van der Waals surface area contributed by atoms with Crippen LogP contribution in [0.5, 0.6) is 0 Å². The molecule has 0 heterocycles. The summed E-state index contributed by atoms with van der Waals surface area (Å²) in [6.45, 7) is 2.24. The van der Waals surface area contributed by atoms with Gasteiger partial charge in [-0.15, -0.1) is 0 Å². The maximum absolute atomic E-state index is 10.6. The zero-order valence-corrected chi connectivity index (χ0v) is 14.4. The molecule has 0 aromatic rings. The van der Waals surface area contributed by atoms with Gasteiger partial charge in [0.1, 0.15) is 5.75 Å². The summed E-state index contributed by atoms with van der Waals surface area (Å²) in [7, 11) is -4.04. The molecule has 0 rings (SSSR count). The van der Waals surface area contributed by atoms with Gasteiger partial charge in [0.05, 0.1) is 6.10 Å². The second-order valence-electron chi connectivity index (χ2n) is 6.08. The fourth-order valence-corrected chi connectivity index (χ4v) is 3.20. The first-order valence-electron chi connectivity index (χ1n) is 8.59. The molecule has 6 heteroatoms. The normalized spacial score (nSPS) is 12.9. The van der Waals surface area contributed by atoms with Crippen LogP contribution in [0.4, 0.5) is 0 Å². The summed E-state index contributed by atoms with van der Waals surface area (Å²) in [6.07, 6.45) is 14.5. The summed E-state index contributed by atoms with van der Waals surface area (Å²) in [6, 6.07) is 0. The molecule has 0 aliphatic rings. The van der Waals surface area contributed by atoms with E-state index in [-0.39, 0.29) is 29.6 Å². The van der Waals surface area contributed by atoms with Crippen molar-refractivity contribution in [3.63, 3.8) is 0 Å².